The van der Waals surface area contributed by atoms with E-state index in [1.54, 1.807) is 43.6 Å². The minimum absolute atomic E-state index is 0.0882. The van der Waals surface area contributed by atoms with Gasteiger partial charge in [0, 0.05) is 35.8 Å². The zero-order valence-corrected chi connectivity index (χ0v) is 17.6. The number of fused-ring (bicyclic) bond motifs is 1. The number of rotatable bonds is 6. The van der Waals surface area contributed by atoms with Gasteiger partial charge in [-0.05, 0) is 37.3 Å². The molecule has 0 amide bonds. The van der Waals surface area contributed by atoms with Crippen LogP contribution in [0.25, 0.3) is 16.6 Å². The van der Waals surface area contributed by atoms with Crippen molar-refractivity contribution >= 4 is 22.5 Å². The number of hydrogen-bond acceptors (Lipinski definition) is 4. The lowest BCUT2D eigenvalue weighted by molar-refractivity contribution is -0.119. The number of aromatic nitrogens is 2. The van der Waals surface area contributed by atoms with Gasteiger partial charge in [-0.15, -0.1) is 0 Å². The van der Waals surface area contributed by atoms with E-state index in [2.05, 4.69) is 23.5 Å². The van der Waals surface area contributed by atoms with Gasteiger partial charge >= 0.3 is 0 Å². The van der Waals surface area contributed by atoms with Crippen molar-refractivity contribution in [3.63, 3.8) is 0 Å². The van der Waals surface area contributed by atoms with Crippen molar-refractivity contribution in [3.05, 3.63) is 102 Å². The predicted molar refractivity (Wildman–Crippen MR) is 125 cm³/mol. The lowest BCUT2D eigenvalue weighted by Gasteiger charge is -2.18. The average Bonchev–Trinajstić information content (AvgIpc) is 2.74. The van der Waals surface area contributed by atoms with Crippen LogP contribution in [0.5, 0.6) is 0 Å². The summed E-state index contributed by atoms with van der Waals surface area (Å²) >= 11 is 0. The minimum Gasteiger partial charge on any atom is -0.341 e. The van der Waals surface area contributed by atoms with Gasteiger partial charge in [-0.1, -0.05) is 51.3 Å². The first-order chi connectivity index (χ1) is 14.4. The molecule has 3 rings (SSSR count). The first-order valence-corrected chi connectivity index (χ1v) is 9.66. The highest BCUT2D eigenvalue weighted by molar-refractivity contribution is 5.82. The summed E-state index contributed by atoms with van der Waals surface area (Å²) in [6.07, 6.45) is 8.41. The second-order valence-electron chi connectivity index (χ2n) is 6.91. The Morgan fingerprint density at radius 1 is 1.17 bits per heavy atom. The lowest BCUT2D eigenvalue weighted by atomic mass is 10.1. The number of hydrogen-bond donors (Lipinski definition) is 1. The number of para-hydroxylation sites is 1. The van der Waals surface area contributed by atoms with Crippen molar-refractivity contribution in [1.29, 1.82) is 0 Å². The molecule has 154 valence electrons. The van der Waals surface area contributed by atoms with Crippen LogP contribution in [0.1, 0.15) is 20.8 Å². The van der Waals surface area contributed by atoms with Crippen molar-refractivity contribution in [2.24, 2.45) is 5.92 Å². The van der Waals surface area contributed by atoms with E-state index in [9.17, 15) is 9.59 Å². The predicted octanol–water partition coefficient (Wildman–Crippen LogP) is 5.28. The molecule has 0 fully saturated rings. The standard InChI is InChI=1S/C20H17N3O.C5H10O/c1-3-8-15(4-2)22-20-13-19(24)17-14-21-12-11-18(17)23(20)16-9-6-5-7-10-16;1-4(2)5(3)6/h3-14,22H,1-2H2;4H,1-3H3/b15-8+;. The number of nitrogens with one attached hydrogen (secondary N) is 1. The Bertz CT molecular complexity index is 1130. The van der Waals surface area contributed by atoms with Crippen molar-refractivity contribution in [3.8, 4) is 5.69 Å². The highest BCUT2D eigenvalue weighted by Crippen LogP contribution is 2.23. The van der Waals surface area contributed by atoms with Crippen molar-refractivity contribution in [2.45, 2.75) is 20.8 Å². The summed E-state index contributed by atoms with van der Waals surface area (Å²) < 4.78 is 1.98. The van der Waals surface area contributed by atoms with E-state index in [4.69, 9.17) is 0 Å². The molecule has 0 spiro atoms. The van der Waals surface area contributed by atoms with Crippen LogP contribution in [-0.2, 0) is 4.79 Å². The molecule has 0 unspecified atom stereocenters. The molecule has 1 aromatic carbocycles. The summed E-state index contributed by atoms with van der Waals surface area (Å²) in [7, 11) is 0. The zero-order valence-electron chi connectivity index (χ0n) is 17.6. The molecule has 0 saturated heterocycles. The number of benzene rings is 1. The second kappa shape index (κ2) is 10.7. The van der Waals surface area contributed by atoms with Gasteiger partial charge in [-0.3, -0.25) is 19.1 Å². The van der Waals surface area contributed by atoms with Crippen LogP contribution in [0, 0.1) is 5.92 Å². The third-order valence-corrected chi connectivity index (χ3v) is 4.43. The third kappa shape index (κ3) is 5.64. The molecular weight excluding hydrogens is 374 g/mol. The van der Waals surface area contributed by atoms with Crippen LogP contribution < -0.4 is 10.7 Å². The summed E-state index contributed by atoms with van der Waals surface area (Å²) in [5.41, 5.74) is 2.39. The Labute approximate surface area is 177 Å². The van der Waals surface area contributed by atoms with Gasteiger partial charge in [0.1, 0.15) is 11.6 Å². The topological polar surface area (TPSA) is 64.0 Å². The molecule has 1 N–H and O–H groups in total. The molecule has 5 heteroatoms. The van der Waals surface area contributed by atoms with Crippen molar-refractivity contribution in [1.82, 2.24) is 9.55 Å². The Morgan fingerprint density at radius 2 is 1.83 bits per heavy atom. The summed E-state index contributed by atoms with van der Waals surface area (Å²) in [6.45, 7) is 12.9. The van der Waals surface area contributed by atoms with Crippen molar-refractivity contribution < 1.29 is 4.79 Å². The van der Waals surface area contributed by atoms with Gasteiger partial charge in [0.25, 0.3) is 0 Å². The molecule has 2 aromatic heterocycles. The van der Waals surface area contributed by atoms with Gasteiger partial charge < -0.3 is 5.32 Å². The average molecular weight is 402 g/mol. The molecule has 2 heterocycles. The fraction of sp³-hybridized carbons (Fsp3) is 0.160. The Morgan fingerprint density at radius 3 is 2.40 bits per heavy atom. The highest BCUT2D eigenvalue weighted by atomic mass is 16.1. The maximum atomic E-state index is 12.5. The Balaban J connectivity index is 0.000000469. The van der Waals surface area contributed by atoms with E-state index >= 15 is 0 Å². The number of pyridine rings is 2. The molecule has 0 radical (unpaired) electrons. The Hall–Kier alpha value is -3.73. The quantitative estimate of drug-likeness (QED) is 0.571. The molecule has 0 saturated carbocycles. The summed E-state index contributed by atoms with van der Waals surface area (Å²) in [4.78, 5) is 26.7. The monoisotopic (exact) mass is 401 g/mol. The summed E-state index contributed by atoms with van der Waals surface area (Å²) in [5.74, 6) is 1.12. The number of carbonyl (C=O) groups excluding carboxylic acids is 1. The van der Waals surface area contributed by atoms with Crippen LogP contribution in [0.3, 0.4) is 0 Å². The first-order valence-electron chi connectivity index (χ1n) is 9.66. The fourth-order valence-corrected chi connectivity index (χ4v) is 2.55. The van der Waals surface area contributed by atoms with Crippen LogP contribution in [0.2, 0.25) is 0 Å². The third-order valence-electron chi connectivity index (χ3n) is 4.43. The number of ketones is 1. The largest absolute Gasteiger partial charge is 0.341 e. The maximum absolute atomic E-state index is 12.5. The smallest absolute Gasteiger partial charge is 0.193 e. The maximum Gasteiger partial charge on any atom is 0.193 e. The lowest BCUT2D eigenvalue weighted by Crippen LogP contribution is -2.14. The van der Waals surface area contributed by atoms with E-state index in [-0.39, 0.29) is 17.1 Å². The van der Waals surface area contributed by atoms with E-state index < -0.39 is 0 Å². The minimum atomic E-state index is -0.0882. The van der Waals surface area contributed by atoms with Gasteiger partial charge in [0.2, 0.25) is 0 Å². The van der Waals surface area contributed by atoms with Crippen LogP contribution >= 0.6 is 0 Å². The van der Waals surface area contributed by atoms with Gasteiger partial charge in [-0.2, -0.15) is 0 Å². The molecular formula is C25H27N3O2. The van der Waals surface area contributed by atoms with E-state index in [0.29, 0.717) is 11.2 Å². The second-order valence-corrected chi connectivity index (χ2v) is 6.91. The van der Waals surface area contributed by atoms with Crippen LogP contribution in [0.15, 0.2) is 96.7 Å². The highest BCUT2D eigenvalue weighted by Gasteiger charge is 2.11. The van der Waals surface area contributed by atoms with Crippen molar-refractivity contribution in [2.75, 3.05) is 5.32 Å². The zero-order chi connectivity index (χ0) is 22.1. The van der Waals surface area contributed by atoms with Crippen LogP contribution in [0.4, 0.5) is 5.82 Å². The molecule has 0 aliphatic carbocycles. The molecule has 30 heavy (non-hydrogen) atoms. The number of nitrogens with zero attached hydrogens (tertiary/aromatic N) is 2. The molecule has 5 nitrogen and oxygen atoms in total. The first kappa shape index (κ1) is 22.6. The van der Waals surface area contributed by atoms with E-state index in [1.165, 1.54) is 0 Å². The fourth-order valence-electron chi connectivity index (χ4n) is 2.55. The van der Waals surface area contributed by atoms with E-state index in [1.807, 2.05) is 54.8 Å². The molecule has 0 bridgehead atoms. The number of allylic oxidation sites excluding steroid dienone is 3. The van der Waals surface area contributed by atoms with Gasteiger partial charge in [0.15, 0.2) is 5.43 Å². The number of Topliss-reactive ketones (excluding diaryl/α,β-unsaturated/α-hetero) is 1. The molecule has 0 aliphatic rings. The molecule has 3 aromatic rings. The van der Waals surface area contributed by atoms with Gasteiger partial charge in [-0.25, -0.2) is 0 Å². The van der Waals surface area contributed by atoms with Gasteiger partial charge in [0.05, 0.1) is 10.9 Å². The van der Waals surface area contributed by atoms with Crippen LogP contribution in [-0.4, -0.2) is 15.3 Å². The summed E-state index contributed by atoms with van der Waals surface area (Å²) in [5, 5.41) is 3.81. The van der Waals surface area contributed by atoms with E-state index in [0.717, 1.165) is 16.9 Å². The molecule has 0 aliphatic heterocycles. The summed E-state index contributed by atoms with van der Waals surface area (Å²) in [6, 6.07) is 13.2. The SMILES string of the molecule is C=C/C=C(\C=C)Nc1cc(=O)c2cnccc2n1-c1ccccc1.CC(=O)C(C)C. The Kier molecular flexibility index (Phi) is 8.06. The normalized spacial score (nSPS) is 10.9. The number of anilines is 1. The molecule has 0 atom stereocenters. The number of carbonyl (C=O) groups is 1.